The van der Waals surface area contributed by atoms with E-state index < -0.39 is 6.03 Å². The van der Waals surface area contributed by atoms with Crippen LogP contribution in [0, 0.1) is 5.82 Å². The summed E-state index contributed by atoms with van der Waals surface area (Å²) in [6.45, 7) is 2.75. The van der Waals surface area contributed by atoms with Crippen LogP contribution < -0.4 is 10.9 Å². The number of nitrogens with one attached hydrogen (secondary N) is 1. The van der Waals surface area contributed by atoms with Gasteiger partial charge in [0.2, 0.25) is 0 Å². The van der Waals surface area contributed by atoms with Crippen molar-refractivity contribution in [3.8, 4) is 0 Å². The smallest absolute Gasteiger partial charge is 0.322 e. The molecular weight excluding hydrogens is 325 g/mol. The fraction of sp³-hybridized carbons (Fsp3) is 0.333. The van der Waals surface area contributed by atoms with E-state index in [9.17, 15) is 14.0 Å². The Morgan fingerprint density at radius 3 is 2.60 bits per heavy atom. The largest absolute Gasteiger partial charge is 0.395 e. The van der Waals surface area contributed by atoms with Crippen molar-refractivity contribution in [1.82, 2.24) is 9.47 Å². The van der Waals surface area contributed by atoms with E-state index >= 15 is 0 Å². The second-order valence-electron chi connectivity index (χ2n) is 5.62. The van der Waals surface area contributed by atoms with Gasteiger partial charge in [0.25, 0.3) is 5.56 Å². The number of carbonyl (C=O) groups is 1. The summed E-state index contributed by atoms with van der Waals surface area (Å²) in [5.74, 6) is -0.336. The number of amides is 2. The van der Waals surface area contributed by atoms with Gasteiger partial charge in [-0.15, -0.1) is 0 Å². The molecule has 2 amide bonds. The molecule has 0 fully saturated rings. The molecule has 0 radical (unpaired) electrons. The summed E-state index contributed by atoms with van der Waals surface area (Å²) < 4.78 is 14.4. The first kappa shape index (κ1) is 18.7. The van der Waals surface area contributed by atoms with Gasteiger partial charge in [-0.25, -0.2) is 9.18 Å². The number of benzene rings is 1. The molecule has 0 atom stereocenters. The standard InChI is InChI=1S/C18H22FN3O3/c1-2-9-21(11-12-23)18(25)20-16-4-3-10-22(17(16)24)13-14-5-7-15(19)8-6-14/h3-8,10,23H,2,9,11-13H2,1H3,(H,20,25). The monoisotopic (exact) mass is 347 g/mol. The van der Waals surface area contributed by atoms with Crippen molar-refractivity contribution in [1.29, 1.82) is 0 Å². The van der Waals surface area contributed by atoms with E-state index in [1.54, 1.807) is 24.4 Å². The minimum absolute atomic E-state index is 0.142. The number of aliphatic hydroxyl groups is 1. The number of aliphatic hydroxyl groups excluding tert-OH is 1. The average molecular weight is 347 g/mol. The third-order valence-corrected chi connectivity index (χ3v) is 3.68. The summed E-state index contributed by atoms with van der Waals surface area (Å²) in [5.41, 5.74) is 0.592. The van der Waals surface area contributed by atoms with Gasteiger partial charge in [-0.05, 0) is 36.2 Å². The Morgan fingerprint density at radius 1 is 1.24 bits per heavy atom. The van der Waals surface area contributed by atoms with Gasteiger partial charge in [0, 0.05) is 19.3 Å². The third kappa shape index (κ3) is 5.15. The van der Waals surface area contributed by atoms with Gasteiger partial charge >= 0.3 is 6.03 Å². The van der Waals surface area contributed by atoms with Crippen LogP contribution in [0.4, 0.5) is 14.9 Å². The quantitative estimate of drug-likeness (QED) is 0.807. The van der Waals surface area contributed by atoms with Crippen LogP contribution in [0.3, 0.4) is 0 Å². The van der Waals surface area contributed by atoms with Gasteiger partial charge in [-0.1, -0.05) is 19.1 Å². The third-order valence-electron chi connectivity index (χ3n) is 3.68. The van der Waals surface area contributed by atoms with Crippen molar-refractivity contribution >= 4 is 11.7 Å². The summed E-state index contributed by atoms with van der Waals surface area (Å²) in [5, 5.41) is 11.6. The van der Waals surface area contributed by atoms with Gasteiger partial charge < -0.3 is 19.9 Å². The van der Waals surface area contributed by atoms with Crippen LogP contribution in [0.25, 0.3) is 0 Å². The summed E-state index contributed by atoms with van der Waals surface area (Å²) in [7, 11) is 0. The van der Waals surface area contributed by atoms with E-state index in [0.29, 0.717) is 6.54 Å². The van der Waals surface area contributed by atoms with E-state index in [-0.39, 0.29) is 36.8 Å². The Kier molecular flexibility index (Phi) is 6.71. The maximum absolute atomic E-state index is 13.0. The number of nitrogens with zero attached hydrogens (tertiary/aromatic N) is 2. The predicted octanol–water partition coefficient (Wildman–Crippen LogP) is 2.27. The number of carbonyl (C=O) groups excluding carboxylic acids is 1. The first-order valence-corrected chi connectivity index (χ1v) is 8.15. The van der Waals surface area contributed by atoms with Crippen molar-refractivity contribution in [3.05, 3.63) is 64.3 Å². The Labute approximate surface area is 145 Å². The number of anilines is 1. The lowest BCUT2D eigenvalue weighted by Gasteiger charge is -2.21. The minimum atomic E-state index is -0.424. The van der Waals surface area contributed by atoms with Gasteiger partial charge in [0.1, 0.15) is 11.5 Å². The Bertz CT molecular complexity index is 753. The second kappa shape index (κ2) is 8.98. The van der Waals surface area contributed by atoms with Gasteiger partial charge in [-0.2, -0.15) is 0 Å². The summed E-state index contributed by atoms with van der Waals surface area (Å²) in [4.78, 5) is 26.2. The summed E-state index contributed by atoms with van der Waals surface area (Å²) >= 11 is 0. The van der Waals surface area contributed by atoms with Gasteiger partial charge in [0.05, 0.1) is 13.2 Å². The van der Waals surface area contributed by atoms with Crippen LogP contribution >= 0.6 is 0 Å². The highest BCUT2D eigenvalue weighted by Crippen LogP contribution is 2.07. The number of hydrogen-bond acceptors (Lipinski definition) is 3. The number of urea groups is 1. The Hall–Kier alpha value is -2.67. The first-order valence-electron chi connectivity index (χ1n) is 8.15. The topological polar surface area (TPSA) is 74.6 Å². The molecule has 7 heteroatoms. The van der Waals surface area contributed by atoms with Crippen molar-refractivity contribution in [2.75, 3.05) is 25.0 Å². The zero-order valence-electron chi connectivity index (χ0n) is 14.1. The molecule has 1 aromatic carbocycles. The van der Waals surface area contributed by atoms with Crippen LogP contribution in [0.15, 0.2) is 47.4 Å². The number of pyridine rings is 1. The molecule has 0 aliphatic carbocycles. The van der Waals surface area contributed by atoms with Crippen LogP contribution in [-0.2, 0) is 6.54 Å². The number of halogens is 1. The fourth-order valence-corrected chi connectivity index (χ4v) is 2.44. The lowest BCUT2D eigenvalue weighted by atomic mass is 10.2. The molecule has 2 rings (SSSR count). The van der Waals surface area contributed by atoms with Crippen LogP contribution in [0.1, 0.15) is 18.9 Å². The number of rotatable bonds is 7. The van der Waals surface area contributed by atoms with E-state index in [2.05, 4.69) is 5.32 Å². The van der Waals surface area contributed by atoms with E-state index in [0.717, 1.165) is 12.0 Å². The van der Waals surface area contributed by atoms with Crippen molar-refractivity contribution < 1.29 is 14.3 Å². The molecule has 0 unspecified atom stereocenters. The molecule has 0 saturated heterocycles. The molecule has 1 aromatic heterocycles. The maximum Gasteiger partial charge on any atom is 0.322 e. The molecule has 25 heavy (non-hydrogen) atoms. The van der Waals surface area contributed by atoms with Gasteiger partial charge in [0.15, 0.2) is 0 Å². The summed E-state index contributed by atoms with van der Waals surface area (Å²) in [6.07, 6.45) is 2.36. The molecular formula is C18H22FN3O3. The average Bonchev–Trinajstić information content (AvgIpc) is 2.60. The molecule has 0 aliphatic rings. The number of hydrogen-bond donors (Lipinski definition) is 2. The Balaban J connectivity index is 2.15. The number of aromatic nitrogens is 1. The van der Waals surface area contributed by atoms with E-state index in [1.165, 1.54) is 27.7 Å². The van der Waals surface area contributed by atoms with Gasteiger partial charge in [-0.3, -0.25) is 4.79 Å². The highest BCUT2D eigenvalue weighted by atomic mass is 19.1. The first-order chi connectivity index (χ1) is 12.0. The van der Waals surface area contributed by atoms with Crippen molar-refractivity contribution in [3.63, 3.8) is 0 Å². The SMILES string of the molecule is CCCN(CCO)C(=O)Nc1cccn(Cc2ccc(F)cc2)c1=O. The lowest BCUT2D eigenvalue weighted by molar-refractivity contribution is 0.188. The highest BCUT2D eigenvalue weighted by Gasteiger charge is 2.14. The summed E-state index contributed by atoms with van der Waals surface area (Å²) in [6, 6.07) is 8.66. The lowest BCUT2D eigenvalue weighted by Crippen LogP contribution is -2.39. The van der Waals surface area contributed by atoms with Crippen molar-refractivity contribution in [2.24, 2.45) is 0 Å². The molecule has 134 valence electrons. The molecule has 0 aliphatic heterocycles. The molecule has 0 spiro atoms. The fourth-order valence-electron chi connectivity index (χ4n) is 2.44. The zero-order chi connectivity index (χ0) is 18.2. The van der Waals surface area contributed by atoms with Crippen molar-refractivity contribution in [2.45, 2.75) is 19.9 Å². The van der Waals surface area contributed by atoms with E-state index in [4.69, 9.17) is 5.11 Å². The highest BCUT2D eigenvalue weighted by molar-refractivity contribution is 5.89. The van der Waals surface area contributed by atoms with E-state index in [1.807, 2.05) is 6.92 Å². The molecule has 2 N–H and O–H groups in total. The second-order valence-corrected chi connectivity index (χ2v) is 5.62. The molecule has 0 bridgehead atoms. The predicted molar refractivity (Wildman–Crippen MR) is 94.2 cm³/mol. The van der Waals surface area contributed by atoms with Crippen LogP contribution in [0.2, 0.25) is 0 Å². The minimum Gasteiger partial charge on any atom is -0.395 e. The molecule has 2 aromatic rings. The molecule has 0 saturated carbocycles. The van der Waals surface area contributed by atoms with Crippen LogP contribution in [0.5, 0.6) is 0 Å². The molecule has 1 heterocycles. The Morgan fingerprint density at radius 2 is 1.96 bits per heavy atom. The van der Waals surface area contributed by atoms with Crippen LogP contribution in [-0.4, -0.2) is 40.3 Å². The zero-order valence-corrected chi connectivity index (χ0v) is 14.1. The maximum atomic E-state index is 13.0. The molecule has 6 nitrogen and oxygen atoms in total. The normalized spacial score (nSPS) is 10.5.